The topological polar surface area (TPSA) is 37.8 Å². The molecule has 18 heavy (non-hydrogen) atoms. The van der Waals surface area contributed by atoms with Crippen LogP contribution in [0.1, 0.15) is 5.01 Å². The number of hydrogen-bond acceptors (Lipinski definition) is 4. The Labute approximate surface area is 113 Å². The van der Waals surface area contributed by atoms with Crippen LogP contribution in [-0.4, -0.2) is 9.97 Å². The lowest BCUT2D eigenvalue weighted by atomic mass is 10.1. The third-order valence-electron chi connectivity index (χ3n) is 2.64. The number of fused-ring (bicyclic) bond motifs is 1. The highest BCUT2D eigenvalue weighted by Crippen LogP contribution is 2.24. The molecule has 0 spiro atoms. The average Bonchev–Trinajstić information content (AvgIpc) is 2.82. The summed E-state index contributed by atoms with van der Waals surface area (Å²) < 4.78 is 0.714. The molecule has 0 fully saturated rings. The lowest BCUT2D eigenvalue weighted by Gasteiger charge is -2.07. The molecule has 0 unspecified atom stereocenters. The van der Waals surface area contributed by atoms with E-state index in [0.717, 1.165) is 16.1 Å². The van der Waals surface area contributed by atoms with Crippen LogP contribution in [0.5, 0.6) is 0 Å². The molecule has 0 atom stereocenters. The minimum atomic E-state index is 0.672. The Bertz CT molecular complexity index is 675. The molecule has 90 valence electrons. The van der Waals surface area contributed by atoms with Crippen LogP contribution in [0.15, 0.2) is 42.9 Å². The lowest BCUT2D eigenvalue weighted by molar-refractivity contribution is 1.11. The van der Waals surface area contributed by atoms with Gasteiger partial charge in [0.15, 0.2) is 0 Å². The van der Waals surface area contributed by atoms with Gasteiger partial charge in [0.2, 0.25) is 0 Å². The number of anilines is 1. The van der Waals surface area contributed by atoms with E-state index < -0.39 is 0 Å². The van der Waals surface area contributed by atoms with Crippen LogP contribution < -0.4 is 5.32 Å². The smallest absolute Gasteiger partial charge is 0.113 e. The van der Waals surface area contributed by atoms with Gasteiger partial charge in [0.1, 0.15) is 9.34 Å². The van der Waals surface area contributed by atoms with Gasteiger partial charge in [-0.1, -0.05) is 23.7 Å². The summed E-state index contributed by atoms with van der Waals surface area (Å²) in [5.74, 6) is 0. The lowest BCUT2D eigenvalue weighted by Crippen LogP contribution is -1.99. The molecule has 3 rings (SSSR count). The zero-order chi connectivity index (χ0) is 12.4. The van der Waals surface area contributed by atoms with E-state index in [1.54, 1.807) is 12.4 Å². The second kappa shape index (κ2) is 4.92. The van der Waals surface area contributed by atoms with Gasteiger partial charge in [-0.2, -0.15) is 0 Å². The molecular weight excluding hydrogens is 266 g/mol. The predicted octanol–water partition coefficient (Wildman–Crippen LogP) is 3.96. The zero-order valence-electron chi connectivity index (χ0n) is 9.43. The standard InChI is InChI=1S/C13H10ClN3S/c14-12-7-17-13(18-12)8-16-11-3-1-2-9-4-5-15-6-10(9)11/h1-7,16H,8H2. The summed E-state index contributed by atoms with van der Waals surface area (Å²) >= 11 is 7.34. The summed E-state index contributed by atoms with van der Waals surface area (Å²) in [6.45, 7) is 0.672. The molecule has 2 heterocycles. The third-order valence-corrected chi connectivity index (χ3v) is 3.75. The number of thiazole rings is 1. The van der Waals surface area contributed by atoms with Crippen molar-refractivity contribution in [1.82, 2.24) is 9.97 Å². The molecule has 0 aliphatic rings. The summed E-state index contributed by atoms with van der Waals surface area (Å²) in [4.78, 5) is 8.38. The van der Waals surface area contributed by atoms with E-state index in [2.05, 4.69) is 21.4 Å². The Morgan fingerprint density at radius 2 is 2.17 bits per heavy atom. The summed E-state index contributed by atoms with van der Waals surface area (Å²) in [6, 6.07) is 8.14. The molecule has 0 aliphatic carbocycles. The van der Waals surface area contributed by atoms with Crippen LogP contribution in [0.25, 0.3) is 10.8 Å². The predicted molar refractivity (Wildman–Crippen MR) is 76.2 cm³/mol. The number of benzene rings is 1. The van der Waals surface area contributed by atoms with Crippen molar-refractivity contribution < 1.29 is 0 Å². The normalized spacial score (nSPS) is 10.7. The number of nitrogens with one attached hydrogen (secondary N) is 1. The highest BCUT2D eigenvalue weighted by atomic mass is 35.5. The molecular formula is C13H10ClN3S. The maximum atomic E-state index is 5.86. The quantitative estimate of drug-likeness (QED) is 0.786. The molecule has 0 radical (unpaired) electrons. The van der Waals surface area contributed by atoms with Crippen molar-refractivity contribution in [3.63, 3.8) is 0 Å². The first-order valence-electron chi connectivity index (χ1n) is 5.50. The van der Waals surface area contributed by atoms with Crippen LogP contribution in [0.3, 0.4) is 0 Å². The molecule has 2 aromatic heterocycles. The molecule has 0 amide bonds. The Hall–Kier alpha value is -1.65. The number of nitrogens with zero attached hydrogens (tertiary/aromatic N) is 2. The molecule has 3 nitrogen and oxygen atoms in total. The SMILES string of the molecule is Clc1cnc(CNc2cccc3ccncc23)s1. The first-order valence-corrected chi connectivity index (χ1v) is 6.69. The molecule has 0 aliphatic heterocycles. The summed E-state index contributed by atoms with van der Waals surface area (Å²) in [6.07, 6.45) is 5.34. The zero-order valence-corrected chi connectivity index (χ0v) is 11.0. The number of hydrogen-bond donors (Lipinski definition) is 1. The van der Waals surface area contributed by atoms with Gasteiger partial charge in [0.05, 0.1) is 12.7 Å². The fourth-order valence-corrected chi connectivity index (χ4v) is 2.70. The van der Waals surface area contributed by atoms with E-state index in [0.29, 0.717) is 10.9 Å². The average molecular weight is 276 g/mol. The van der Waals surface area contributed by atoms with Crippen molar-refractivity contribution in [1.29, 1.82) is 0 Å². The van der Waals surface area contributed by atoms with E-state index in [9.17, 15) is 0 Å². The number of aromatic nitrogens is 2. The maximum absolute atomic E-state index is 5.86. The molecule has 1 aromatic carbocycles. The van der Waals surface area contributed by atoms with Crippen LogP contribution in [0.2, 0.25) is 4.34 Å². The minimum absolute atomic E-state index is 0.672. The number of pyridine rings is 1. The van der Waals surface area contributed by atoms with Crippen molar-refractivity contribution in [3.05, 3.63) is 52.2 Å². The largest absolute Gasteiger partial charge is 0.378 e. The van der Waals surface area contributed by atoms with Crippen LogP contribution in [0, 0.1) is 0 Å². The Balaban J connectivity index is 1.86. The van der Waals surface area contributed by atoms with Crippen LogP contribution >= 0.6 is 22.9 Å². The Kier molecular flexibility index (Phi) is 3.13. The first kappa shape index (κ1) is 11.4. The van der Waals surface area contributed by atoms with Gasteiger partial charge in [-0.3, -0.25) is 4.98 Å². The van der Waals surface area contributed by atoms with E-state index in [1.165, 1.54) is 16.7 Å². The number of rotatable bonds is 3. The van der Waals surface area contributed by atoms with E-state index in [4.69, 9.17) is 11.6 Å². The van der Waals surface area contributed by atoms with Crippen molar-refractivity contribution in [3.8, 4) is 0 Å². The van der Waals surface area contributed by atoms with Crippen molar-refractivity contribution >= 4 is 39.4 Å². The van der Waals surface area contributed by atoms with E-state index in [1.807, 2.05) is 24.4 Å². The fraction of sp³-hybridized carbons (Fsp3) is 0.0769. The van der Waals surface area contributed by atoms with Crippen LogP contribution in [-0.2, 0) is 6.54 Å². The van der Waals surface area contributed by atoms with Gasteiger partial charge in [0.25, 0.3) is 0 Å². The number of halogens is 1. The van der Waals surface area contributed by atoms with Crippen LogP contribution in [0.4, 0.5) is 5.69 Å². The third kappa shape index (κ3) is 2.30. The molecule has 1 N–H and O–H groups in total. The molecule has 3 aromatic rings. The second-order valence-corrected chi connectivity index (χ2v) is 5.56. The summed E-state index contributed by atoms with van der Waals surface area (Å²) in [5, 5.41) is 6.63. The van der Waals surface area contributed by atoms with E-state index in [-0.39, 0.29) is 0 Å². The monoisotopic (exact) mass is 275 g/mol. The minimum Gasteiger partial charge on any atom is -0.378 e. The van der Waals surface area contributed by atoms with Crippen molar-refractivity contribution in [2.24, 2.45) is 0 Å². The fourth-order valence-electron chi connectivity index (χ4n) is 1.81. The second-order valence-electron chi connectivity index (χ2n) is 3.81. The molecule has 0 bridgehead atoms. The van der Waals surface area contributed by atoms with Gasteiger partial charge in [-0.15, -0.1) is 11.3 Å². The van der Waals surface area contributed by atoms with Crippen molar-refractivity contribution in [2.45, 2.75) is 6.54 Å². The highest BCUT2D eigenvalue weighted by Gasteiger charge is 2.02. The van der Waals surface area contributed by atoms with Gasteiger partial charge >= 0.3 is 0 Å². The summed E-state index contributed by atoms with van der Waals surface area (Å²) in [5.41, 5.74) is 1.06. The van der Waals surface area contributed by atoms with Crippen molar-refractivity contribution in [2.75, 3.05) is 5.32 Å². The molecule has 5 heteroatoms. The van der Waals surface area contributed by atoms with Gasteiger partial charge in [0, 0.05) is 23.5 Å². The molecule has 0 saturated heterocycles. The van der Waals surface area contributed by atoms with E-state index >= 15 is 0 Å². The van der Waals surface area contributed by atoms with Gasteiger partial charge in [-0.05, 0) is 17.5 Å². The van der Waals surface area contributed by atoms with Gasteiger partial charge in [-0.25, -0.2) is 4.98 Å². The first-order chi connectivity index (χ1) is 8.83. The van der Waals surface area contributed by atoms with Gasteiger partial charge < -0.3 is 5.32 Å². The summed E-state index contributed by atoms with van der Waals surface area (Å²) in [7, 11) is 0. The Morgan fingerprint density at radius 3 is 3.00 bits per heavy atom. The maximum Gasteiger partial charge on any atom is 0.113 e. The highest BCUT2D eigenvalue weighted by molar-refractivity contribution is 7.15. The molecule has 0 saturated carbocycles. The Morgan fingerprint density at radius 1 is 1.22 bits per heavy atom.